The Bertz CT molecular complexity index is 744. The minimum Gasteiger partial charge on any atom is -0.392 e. The van der Waals surface area contributed by atoms with Gasteiger partial charge in [-0.3, -0.25) is 4.90 Å². The van der Waals surface area contributed by atoms with Crippen molar-refractivity contribution in [2.45, 2.75) is 51.9 Å². The van der Waals surface area contributed by atoms with E-state index in [0.717, 1.165) is 36.1 Å². The van der Waals surface area contributed by atoms with E-state index < -0.39 is 0 Å². The van der Waals surface area contributed by atoms with E-state index in [1.165, 1.54) is 5.56 Å². The van der Waals surface area contributed by atoms with Gasteiger partial charge in [-0.25, -0.2) is 4.39 Å². The van der Waals surface area contributed by atoms with Crippen LogP contribution in [0.5, 0.6) is 0 Å². The number of fused-ring (bicyclic) bond motifs is 1. The van der Waals surface area contributed by atoms with Gasteiger partial charge in [0.2, 0.25) is 0 Å². The van der Waals surface area contributed by atoms with Crippen molar-refractivity contribution in [1.82, 2.24) is 4.90 Å². The first-order valence-electron chi connectivity index (χ1n) is 8.30. The summed E-state index contributed by atoms with van der Waals surface area (Å²) < 4.78 is 14.0. The summed E-state index contributed by atoms with van der Waals surface area (Å²) in [6.45, 7) is 5.83. The highest BCUT2D eigenvalue weighted by Crippen LogP contribution is 2.33. The Balaban J connectivity index is 1.68. The molecule has 1 aliphatic rings. The largest absolute Gasteiger partial charge is 0.392 e. The predicted octanol–water partition coefficient (Wildman–Crippen LogP) is 4.70. The maximum absolute atomic E-state index is 14.0. The van der Waals surface area contributed by atoms with Gasteiger partial charge in [0.05, 0.1) is 6.61 Å². The molecule has 0 atom stereocenters. The van der Waals surface area contributed by atoms with Gasteiger partial charge in [0.1, 0.15) is 5.82 Å². The number of hydrogen-bond donors (Lipinski definition) is 1. The molecule has 2 aromatic rings. The lowest BCUT2D eigenvalue weighted by Crippen LogP contribution is -2.40. The van der Waals surface area contributed by atoms with Crippen LogP contribution in [0.4, 0.5) is 4.39 Å². The van der Waals surface area contributed by atoms with Crippen LogP contribution in [-0.2, 0) is 26.1 Å². The van der Waals surface area contributed by atoms with Crippen LogP contribution in [0.25, 0.3) is 0 Å². The number of hydrogen-bond acceptors (Lipinski definition) is 2. The standard InChI is InChI=1S/C20H23ClFNO/c1-20(2,9-8-14-6-7-18(21)16(10-14)13-24)23-11-15-4-3-5-19(22)17(15)12-23/h3-7,10,24H,8-9,11-13H2,1-2H3. The molecule has 0 amide bonds. The number of aryl methyl sites for hydroxylation is 1. The highest BCUT2D eigenvalue weighted by Gasteiger charge is 2.32. The second kappa shape index (κ2) is 6.83. The van der Waals surface area contributed by atoms with Crippen LogP contribution in [-0.4, -0.2) is 15.5 Å². The van der Waals surface area contributed by atoms with Crippen LogP contribution in [0.15, 0.2) is 36.4 Å². The average molecular weight is 348 g/mol. The second-order valence-corrected chi connectivity index (χ2v) is 7.54. The molecule has 24 heavy (non-hydrogen) atoms. The molecular weight excluding hydrogens is 325 g/mol. The topological polar surface area (TPSA) is 23.5 Å². The molecule has 2 nitrogen and oxygen atoms in total. The number of aliphatic hydroxyl groups is 1. The summed E-state index contributed by atoms with van der Waals surface area (Å²) in [4.78, 5) is 2.34. The van der Waals surface area contributed by atoms with E-state index in [-0.39, 0.29) is 18.0 Å². The third-order valence-corrected chi connectivity index (χ3v) is 5.46. The maximum Gasteiger partial charge on any atom is 0.128 e. The van der Waals surface area contributed by atoms with E-state index in [0.29, 0.717) is 11.6 Å². The SMILES string of the molecule is CC(C)(CCc1ccc(Cl)c(CO)c1)N1Cc2cccc(F)c2C1. The average Bonchev–Trinajstić information content (AvgIpc) is 3.01. The Morgan fingerprint density at radius 3 is 2.71 bits per heavy atom. The normalized spacial score (nSPS) is 14.9. The fourth-order valence-electron chi connectivity index (χ4n) is 3.32. The summed E-state index contributed by atoms with van der Waals surface area (Å²) in [7, 11) is 0. The Hall–Kier alpha value is -1.42. The number of benzene rings is 2. The number of halogens is 2. The minimum absolute atomic E-state index is 0.0372. The summed E-state index contributed by atoms with van der Waals surface area (Å²) in [5.41, 5.74) is 3.82. The van der Waals surface area contributed by atoms with Crippen molar-refractivity contribution in [2.75, 3.05) is 0 Å². The van der Waals surface area contributed by atoms with Crippen LogP contribution in [0, 0.1) is 5.82 Å². The monoisotopic (exact) mass is 347 g/mol. The molecule has 4 heteroatoms. The van der Waals surface area contributed by atoms with E-state index in [9.17, 15) is 9.50 Å². The van der Waals surface area contributed by atoms with Crippen molar-refractivity contribution in [1.29, 1.82) is 0 Å². The highest BCUT2D eigenvalue weighted by molar-refractivity contribution is 6.31. The summed E-state index contributed by atoms with van der Waals surface area (Å²) in [6, 6.07) is 11.2. The molecule has 0 unspecified atom stereocenters. The predicted molar refractivity (Wildman–Crippen MR) is 95.4 cm³/mol. The molecule has 0 radical (unpaired) electrons. The lowest BCUT2D eigenvalue weighted by Gasteiger charge is -2.35. The molecule has 128 valence electrons. The van der Waals surface area contributed by atoms with E-state index in [1.807, 2.05) is 24.3 Å². The molecule has 1 aliphatic heterocycles. The van der Waals surface area contributed by atoms with E-state index >= 15 is 0 Å². The van der Waals surface area contributed by atoms with E-state index in [2.05, 4.69) is 18.7 Å². The smallest absolute Gasteiger partial charge is 0.128 e. The molecule has 0 aliphatic carbocycles. The quantitative estimate of drug-likeness (QED) is 0.847. The zero-order valence-corrected chi connectivity index (χ0v) is 14.9. The molecule has 0 bridgehead atoms. The van der Waals surface area contributed by atoms with E-state index in [1.54, 1.807) is 12.1 Å². The fraction of sp³-hybridized carbons (Fsp3) is 0.400. The van der Waals surface area contributed by atoms with Crippen molar-refractivity contribution in [3.05, 3.63) is 69.5 Å². The fourth-order valence-corrected chi connectivity index (χ4v) is 3.50. The first-order valence-corrected chi connectivity index (χ1v) is 8.68. The third-order valence-electron chi connectivity index (χ3n) is 5.09. The summed E-state index contributed by atoms with van der Waals surface area (Å²) in [6.07, 6.45) is 1.85. The highest BCUT2D eigenvalue weighted by atomic mass is 35.5. The summed E-state index contributed by atoms with van der Waals surface area (Å²) >= 11 is 6.05. The first-order chi connectivity index (χ1) is 11.4. The lowest BCUT2D eigenvalue weighted by molar-refractivity contribution is 0.109. The summed E-state index contributed by atoms with van der Waals surface area (Å²) in [5.74, 6) is -0.101. The molecule has 0 saturated carbocycles. The number of aliphatic hydroxyl groups excluding tert-OH is 1. The van der Waals surface area contributed by atoms with Crippen molar-refractivity contribution in [2.24, 2.45) is 0 Å². The molecule has 1 N–H and O–H groups in total. The minimum atomic E-state index is -0.101. The third kappa shape index (κ3) is 3.49. The molecule has 0 aromatic heterocycles. The van der Waals surface area contributed by atoms with Crippen LogP contribution in [0.2, 0.25) is 5.02 Å². The van der Waals surface area contributed by atoms with Gasteiger partial charge in [0.25, 0.3) is 0 Å². The molecule has 3 rings (SSSR count). The molecule has 2 aromatic carbocycles. The Morgan fingerprint density at radius 1 is 1.21 bits per heavy atom. The van der Waals surface area contributed by atoms with Crippen LogP contribution in [0.1, 0.15) is 42.5 Å². The van der Waals surface area contributed by atoms with Crippen molar-refractivity contribution in [3.8, 4) is 0 Å². The van der Waals surface area contributed by atoms with Gasteiger partial charge in [-0.1, -0.05) is 35.9 Å². The Morgan fingerprint density at radius 2 is 2.00 bits per heavy atom. The van der Waals surface area contributed by atoms with Gasteiger partial charge < -0.3 is 5.11 Å². The van der Waals surface area contributed by atoms with Gasteiger partial charge in [-0.15, -0.1) is 0 Å². The second-order valence-electron chi connectivity index (χ2n) is 7.13. The van der Waals surface area contributed by atoms with Gasteiger partial charge in [-0.05, 0) is 55.5 Å². The van der Waals surface area contributed by atoms with Crippen molar-refractivity contribution in [3.63, 3.8) is 0 Å². The van der Waals surface area contributed by atoms with Crippen LogP contribution < -0.4 is 0 Å². The van der Waals surface area contributed by atoms with Gasteiger partial charge in [0.15, 0.2) is 0 Å². The lowest BCUT2D eigenvalue weighted by atomic mass is 9.93. The van der Waals surface area contributed by atoms with Crippen LogP contribution >= 0.6 is 11.6 Å². The molecule has 0 spiro atoms. The van der Waals surface area contributed by atoms with Crippen molar-refractivity contribution >= 4 is 11.6 Å². The van der Waals surface area contributed by atoms with Crippen molar-refractivity contribution < 1.29 is 9.50 Å². The van der Waals surface area contributed by atoms with Gasteiger partial charge >= 0.3 is 0 Å². The zero-order chi connectivity index (χ0) is 17.3. The van der Waals surface area contributed by atoms with Crippen LogP contribution in [0.3, 0.4) is 0 Å². The Labute approximate surface area is 147 Å². The molecular formula is C20H23ClFNO. The number of rotatable bonds is 5. The van der Waals surface area contributed by atoms with Gasteiger partial charge in [0, 0.05) is 29.2 Å². The van der Waals surface area contributed by atoms with E-state index in [4.69, 9.17) is 11.6 Å². The molecule has 0 saturated heterocycles. The maximum atomic E-state index is 14.0. The molecule has 0 fully saturated rings. The molecule has 1 heterocycles. The first kappa shape index (κ1) is 17.4. The Kier molecular flexibility index (Phi) is 4.95. The zero-order valence-electron chi connectivity index (χ0n) is 14.1. The summed E-state index contributed by atoms with van der Waals surface area (Å²) in [5, 5.41) is 9.94. The number of nitrogens with zero attached hydrogens (tertiary/aromatic N) is 1. The van der Waals surface area contributed by atoms with Gasteiger partial charge in [-0.2, -0.15) is 0 Å².